The van der Waals surface area contributed by atoms with Gasteiger partial charge in [-0.1, -0.05) is 0 Å². The number of hydrogen-bond donors (Lipinski definition) is 2. The molecule has 1 aromatic rings. The summed E-state index contributed by atoms with van der Waals surface area (Å²) in [7, 11) is 4.73. The number of benzene rings is 1. The highest BCUT2D eigenvalue weighted by molar-refractivity contribution is 5.93. The fourth-order valence-corrected chi connectivity index (χ4v) is 1.48. The molecule has 0 heterocycles. The Hall–Kier alpha value is -1.50. The first-order chi connectivity index (χ1) is 9.21. The molecule has 6 nitrogen and oxygen atoms in total. The van der Waals surface area contributed by atoms with Gasteiger partial charge in [-0.15, -0.1) is 12.4 Å². The Morgan fingerprint density at radius 3 is 2.55 bits per heavy atom. The van der Waals surface area contributed by atoms with E-state index in [2.05, 4.69) is 10.6 Å². The van der Waals surface area contributed by atoms with Crippen molar-refractivity contribution in [3.05, 3.63) is 18.2 Å². The number of hydrogen-bond acceptors (Lipinski definition) is 5. The van der Waals surface area contributed by atoms with E-state index >= 15 is 0 Å². The smallest absolute Gasteiger partial charge is 0.238 e. The molecule has 1 aromatic carbocycles. The van der Waals surface area contributed by atoms with Crippen molar-refractivity contribution < 1.29 is 19.0 Å². The van der Waals surface area contributed by atoms with Crippen molar-refractivity contribution in [1.82, 2.24) is 5.32 Å². The second-order valence-electron chi connectivity index (χ2n) is 3.78. The number of methoxy groups -OCH3 is 3. The number of anilines is 1. The van der Waals surface area contributed by atoms with Crippen molar-refractivity contribution in [2.45, 2.75) is 0 Å². The maximum absolute atomic E-state index is 11.7. The Balaban J connectivity index is 0.00000361. The van der Waals surface area contributed by atoms with E-state index in [0.29, 0.717) is 30.3 Å². The van der Waals surface area contributed by atoms with Crippen molar-refractivity contribution in [1.29, 1.82) is 0 Å². The molecular weight excluding hydrogens is 284 g/mol. The molecule has 0 aromatic heterocycles. The van der Waals surface area contributed by atoms with Crippen LogP contribution in [0.25, 0.3) is 0 Å². The van der Waals surface area contributed by atoms with Crippen LogP contribution in [-0.2, 0) is 9.53 Å². The average Bonchev–Trinajstić information content (AvgIpc) is 2.43. The summed E-state index contributed by atoms with van der Waals surface area (Å²) < 4.78 is 15.2. The van der Waals surface area contributed by atoms with Gasteiger partial charge in [0.05, 0.1) is 33.1 Å². The van der Waals surface area contributed by atoms with E-state index in [1.54, 1.807) is 39.5 Å². The largest absolute Gasteiger partial charge is 0.497 e. The first-order valence-corrected chi connectivity index (χ1v) is 5.92. The summed E-state index contributed by atoms with van der Waals surface area (Å²) in [5.41, 5.74) is 0.584. The molecule has 0 spiro atoms. The van der Waals surface area contributed by atoms with Gasteiger partial charge in [-0.2, -0.15) is 0 Å². The zero-order valence-electron chi connectivity index (χ0n) is 11.9. The number of halogens is 1. The van der Waals surface area contributed by atoms with Crippen LogP contribution in [0.1, 0.15) is 0 Å². The molecule has 0 saturated carbocycles. The second-order valence-corrected chi connectivity index (χ2v) is 3.78. The molecule has 0 aliphatic carbocycles. The van der Waals surface area contributed by atoms with Gasteiger partial charge in [-0.25, -0.2) is 0 Å². The number of carbonyl (C=O) groups excluding carboxylic acids is 1. The van der Waals surface area contributed by atoms with Crippen molar-refractivity contribution in [2.24, 2.45) is 0 Å². The van der Waals surface area contributed by atoms with Gasteiger partial charge in [-0.3, -0.25) is 4.79 Å². The lowest BCUT2D eigenvalue weighted by molar-refractivity contribution is -0.115. The standard InChI is InChI=1S/C13H20N2O4.ClH/c1-17-7-6-14-9-13(16)15-11-8-10(18-2)4-5-12(11)19-3;/h4-5,8,14H,6-7,9H2,1-3H3,(H,15,16);1H. The van der Waals surface area contributed by atoms with E-state index in [1.165, 1.54) is 0 Å². The highest BCUT2D eigenvalue weighted by Crippen LogP contribution is 2.28. The van der Waals surface area contributed by atoms with Gasteiger partial charge in [0.25, 0.3) is 0 Å². The summed E-state index contributed by atoms with van der Waals surface area (Å²) >= 11 is 0. The highest BCUT2D eigenvalue weighted by atomic mass is 35.5. The van der Waals surface area contributed by atoms with Gasteiger partial charge in [-0.05, 0) is 12.1 Å². The van der Waals surface area contributed by atoms with Crippen LogP contribution < -0.4 is 20.1 Å². The van der Waals surface area contributed by atoms with Crippen molar-refractivity contribution >= 4 is 24.0 Å². The van der Waals surface area contributed by atoms with E-state index < -0.39 is 0 Å². The van der Waals surface area contributed by atoms with E-state index in [1.807, 2.05) is 0 Å². The lowest BCUT2D eigenvalue weighted by atomic mass is 10.2. The Bertz CT molecular complexity index is 415. The fourth-order valence-electron chi connectivity index (χ4n) is 1.48. The molecule has 0 unspecified atom stereocenters. The van der Waals surface area contributed by atoms with Gasteiger partial charge in [0.1, 0.15) is 11.5 Å². The minimum absolute atomic E-state index is 0. The Morgan fingerprint density at radius 2 is 1.95 bits per heavy atom. The topological polar surface area (TPSA) is 68.8 Å². The van der Waals surface area contributed by atoms with Crippen LogP contribution in [-0.4, -0.2) is 46.9 Å². The zero-order valence-corrected chi connectivity index (χ0v) is 12.7. The number of rotatable bonds is 8. The molecule has 20 heavy (non-hydrogen) atoms. The molecule has 0 aliphatic rings. The molecule has 0 saturated heterocycles. The Morgan fingerprint density at radius 1 is 1.20 bits per heavy atom. The third kappa shape index (κ3) is 6.10. The lowest BCUT2D eigenvalue weighted by Crippen LogP contribution is -2.30. The molecule has 1 amide bonds. The third-order valence-corrected chi connectivity index (χ3v) is 2.45. The van der Waals surface area contributed by atoms with Gasteiger partial charge in [0.15, 0.2) is 0 Å². The van der Waals surface area contributed by atoms with E-state index in [4.69, 9.17) is 14.2 Å². The zero-order chi connectivity index (χ0) is 14.1. The van der Waals surface area contributed by atoms with E-state index in [0.717, 1.165) is 0 Å². The predicted molar refractivity (Wildman–Crippen MR) is 80.2 cm³/mol. The SMILES string of the molecule is COCCNCC(=O)Nc1cc(OC)ccc1OC.Cl. The summed E-state index contributed by atoms with van der Waals surface area (Å²) in [4.78, 5) is 11.7. The van der Waals surface area contributed by atoms with Gasteiger partial charge in [0.2, 0.25) is 5.91 Å². The van der Waals surface area contributed by atoms with Crippen LogP contribution in [0.2, 0.25) is 0 Å². The molecule has 2 N–H and O–H groups in total. The molecule has 0 atom stereocenters. The number of carbonyl (C=O) groups is 1. The number of ether oxygens (including phenoxy) is 3. The Kier molecular flexibility index (Phi) is 9.53. The molecular formula is C13H21ClN2O4. The normalized spacial score (nSPS) is 9.55. The maximum Gasteiger partial charge on any atom is 0.238 e. The van der Waals surface area contributed by atoms with E-state index in [9.17, 15) is 4.79 Å². The quantitative estimate of drug-likeness (QED) is 0.709. The van der Waals surface area contributed by atoms with Crippen LogP contribution in [0.3, 0.4) is 0 Å². The van der Waals surface area contributed by atoms with Gasteiger partial charge >= 0.3 is 0 Å². The molecule has 0 aliphatic heterocycles. The average molecular weight is 305 g/mol. The van der Waals surface area contributed by atoms with E-state index in [-0.39, 0.29) is 24.9 Å². The monoisotopic (exact) mass is 304 g/mol. The minimum Gasteiger partial charge on any atom is -0.497 e. The van der Waals surface area contributed by atoms with Crippen molar-refractivity contribution in [3.8, 4) is 11.5 Å². The number of nitrogens with one attached hydrogen (secondary N) is 2. The van der Waals surface area contributed by atoms with Crippen LogP contribution in [0.4, 0.5) is 5.69 Å². The fraction of sp³-hybridized carbons (Fsp3) is 0.462. The first kappa shape index (κ1) is 18.5. The summed E-state index contributed by atoms with van der Waals surface area (Å²) in [6, 6.07) is 5.23. The van der Waals surface area contributed by atoms with Crippen LogP contribution in [0.5, 0.6) is 11.5 Å². The molecule has 0 radical (unpaired) electrons. The summed E-state index contributed by atoms with van der Waals surface area (Å²) in [5, 5.41) is 5.73. The van der Waals surface area contributed by atoms with Crippen LogP contribution in [0, 0.1) is 0 Å². The highest BCUT2D eigenvalue weighted by Gasteiger charge is 2.08. The first-order valence-electron chi connectivity index (χ1n) is 5.92. The summed E-state index contributed by atoms with van der Waals surface area (Å²) in [5.74, 6) is 1.09. The predicted octanol–water partition coefficient (Wildman–Crippen LogP) is 1.30. The van der Waals surface area contributed by atoms with Gasteiger partial charge in [0, 0.05) is 19.7 Å². The minimum atomic E-state index is -0.150. The molecule has 1 rings (SSSR count). The molecule has 0 fully saturated rings. The van der Waals surface area contributed by atoms with Gasteiger partial charge < -0.3 is 24.8 Å². The van der Waals surface area contributed by atoms with Crippen molar-refractivity contribution in [2.75, 3.05) is 46.3 Å². The maximum atomic E-state index is 11.7. The lowest BCUT2D eigenvalue weighted by Gasteiger charge is -2.12. The number of amides is 1. The Labute approximate surface area is 125 Å². The molecule has 7 heteroatoms. The van der Waals surface area contributed by atoms with Crippen LogP contribution in [0.15, 0.2) is 18.2 Å². The third-order valence-electron chi connectivity index (χ3n) is 2.45. The molecule has 114 valence electrons. The van der Waals surface area contributed by atoms with Crippen molar-refractivity contribution in [3.63, 3.8) is 0 Å². The summed E-state index contributed by atoms with van der Waals surface area (Å²) in [6.45, 7) is 1.40. The van der Waals surface area contributed by atoms with Crippen LogP contribution >= 0.6 is 12.4 Å². The molecule has 0 bridgehead atoms. The second kappa shape index (κ2) is 10.3. The summed E-state index contributed by atoms with van der Waals surface area (Å²) in [6.07, 6.45) is 0.